The van der Waals surface area contributed by atoms with Crippen molar-refractivity contribution in [2.75, 3.05) is 7.11 Å². The first-order chi connectivity index (χ1) is 15.0. The average Bonchev–Trinajstić information content (AvgIpc) is 3.29. The zero-order valence-electron chi connectivity index (χ0n) is 17.4. The van der Waals surface area contributed by atoms with Crippen molar-refractivity contribution in [3.8, 4) is 5.75 Å². The van der Waals surface area contributed by atoms with Crippen molar-refractivity contribution in [2.45, 2.75) is 39.3 Å². The van der Waals surface area contributed by atoms with Gasteiger partial charge in [0.15, 0.2) is 5.65 Å². The first kappa shape index (κ1) is 19.7. The molecule has 1 aromatic carbocycles. The van der Waals surface area contributed by atoms with Crippen LogP contribution in [0.15, 0.2) is 35.4 Å². The zero-order chi connectivity index (χ0) is 21.5. The molecule has 1 atom stereocenters. The number of amides is 1. The lowest BCUT2D eigenvalue weighted by Crippen LogP contribution is -2.32. The van der Waals surface area contributed by atoms with E-state index in [1.165, 1.54) is 25.9 Å². The van der Waals surface area contributed by atoms with E-state index in [9.17, 15) is 9.59 Å². The van der Waals surface area contributed by atoms with E-state index in [0.29, 0.717) is 18.1 Å². The van der Waals surface area contributed by atoms with Gasteiger partial charge in [0.2, 0.25) is 5.91 Å². The first-order valence-corrected chi connectivity index (χ1v) is 11.1. The summed E-state index contributed by atoms with van der Waals surface area (Å²) in [4.78, 5) is 32.1. The van der Waals surface area contributed by atoms with Gasteiger partial charge in [-0.05, 0) is 48.4 Å². The molecule has 1 N–H and O–H groups in total. The number of nitrogens with one attached hydrogen (secondary N) is 1. The van der Waals surface area contributed by atoms with Crippen LogP contribution < -0.4 is 15.7 Å². The Hall–Kier alpha value is -3.20. The van der Waals surface area contributed by atoms with E-state index in [-0.39, 0.29) is 18.1 Å². The fraction of sp³-hybridized carbons (Fsp3) is 0.364. The van der Waals surface area contributed by atoms with Crippen molar-refractivity contribution in [1.82, 2.24) is 24.5 Å². The number of methoxy groups -OCH3 is 1. The van der Waals surface area contributed by atoms with E-state index >= 15 is 0 Å². The van der Waals surface area contributed by atoms with Crippen LogP contribution in [0.5, 0.6) is 5.75 Å². The number of carbonyl (C=O) groups is 1. The van der Waals surface area contributed by atoms with Crippen molar-refractivity contribution in [3.63, 3.8) is 0 Å². The van der Waals surface area contributed by atoms with Gasteiger partial charge in [0.05, 0.1) is 12.5 Å². The number of fused-ring (bicyclic) bond motifs is 5. The van der Waals surface area contributed by atoms with E-state index in [1.54, 1.807) is 18.4 Å². The molecule has 9 heteroatoms. The summed E-state index contributed by atoms with van der Waals surface area (Å²) < 4.78 is 7.87. The zero-order valence-corrected chi connectivity index (χ0v) is 18.2. The van der Waals surface area contributed by atoms with Crippen LogP contribution >= 0.6 is 11.3 Å². The summed E-state index contributed by atoms with van der Waals surface area (Å²) in [6, 6.07) is 7.48. The van der Waals surface area contributed by atoms with Crippen LogP contribution in [0.25, 0.3) is 15.9 Å². The maximum absolute atomic E-state index is 12.8. The highest BCUT2D eigenvalue weighted by Crippen LogP contribution is 2.38. The molecule has 0 spiro atoms. The number of thiophene rings is 1. The number of aryl methyl sites for hydroxylation is 1. The number of benzene rings is 1. The Kier molecular flexibility index (Phi) is 4.97. The molecule has 4 aromatic rings. The lowest BCUT2D eigenvalue weighted by Gasteiger charge is -2.17. The quantitative estimate of drug-likeness (QED) is 0.518. The van der Waals surface area contributed by atoms with Crippen molar-refractivity contribution in [3.05, 3.63) is 57.1 Å². The molecule has 31 heavy (non-hydrogen) atoms. The second-order valence-electron chi connectivity index (χ2n) is 8.04. The van der Waals surface area contributed by atoms with Gasteiger partial charge in [0.25, 0.3) is 0 Å². The summed E-state index contributed by atoms with van der Waals surface area (Å²) in [5, 5.41) is 8.32. The highest BCUT2D eigenvalue weighted by molar-refractivity contribution is 7.19. The van der Waals surface area contributed by atoms with Crippen molar-refractivity contribution < 1.29 is 9.53 Å². The largest absolute Gasteiger partial charge is 0.497 e. The molecule has 0 saturated carbocycles. The van der Waals surface area contributed by atoms with E-state index < -0.39 is 0 Å². The Morgan fingerprint density at radius 1 is 1.39 bits per heavy atom. The van der Waals surface area contributed by atoms with Crippen molar-refractivity contribution in [2.24, 2.45) is 5.92 Å². The molecular formula is C22H23N5O3S. The maximum Gasteiger partial charge on any atom is 0.352 e. The third kappa shape index (κ3) is 3.59. The van der Waals surface area contributed by atoms with Crippen LogP contribution in [0.4, 0.5) is 0 Å². The van der Waals surface area contributed by atoms with Gasteiger partial charge in [0, 0.05) is 11.4 Å². The summed E-state index contributed by atoms with van der Waals surface area (Å²) in [5.74, 6) is 1.11. The molecule has 8 nitrogen and oxygen atoms in total. The standard InChI is InChI=1S/C22H23N5O3S/c1-13-6-7-16-17(8-13)31-21-19(16)20-25-27(22(29)26(20)12-24-21)11-18(28)23-10-14-4-3-5-15(9-14)30-2/h3-5,9,12-13H,6-8,10-11H2,1-2H3,(H,23,28)/t13-/m1/s1. The monoisotopic (exact) mass is 437 g/mol. The SMILES string of the molecule is COc1cccc(CNC(=O)Cn2nc3c4c5c(sc4ncn3c2=O)C[C@H](C)CC5)c1. The maximum atomic E-state index is 12.8. The number of nitrogens with zero attached hydrogens (tertiary/aromatic N) is 4. The minimum Gasteiger partial charge on any atom is -0.497 e. The van der Waals surface area contributed by atoms with Gasteiger partial charge in [-0.1, -0.05) is 19.1 Å². The Balaban J connectivity index is 1.41. The number of hydrogen-bond acceptors (Lipinski definition) is 6. The molecule has 3 heterocycles. The van der Waals surface area contributed by atoms with Gasteiger partial charge in [-0.15, -0.1) is 16.4 Å². The van der Waals surface area contributed by atoms with E-state index in [2.05, 4.69) is 22.3 Å². The summed E-state index contributed by atoms with van der Waals surface area (Å²) in [7, 11) is 1.60. The Labute approximate surface area is 182 Å². The second-order valence-corrected chi connectivity index (χ2v) is 9.12. The summed E-state index contributed by atoms with van der Waals surface area (Å²) in [5.41, 5.74) is 2.41. The summed E-state index contributed by atoms with van der Waals surface area (Å²) in [6.45, 7) is 2.47. The van der Waals surface area contributed by atoms with Gasteiger partial charge >= 0.3 is 5.69 Å². The van der Waals surface area contributed by atoms with Crippen LogP contribution in [0.1, 0.15) is 29.3 Å². The normalized spacial score (nSPS) is 15.9. The lowest BCUT2D eigenvalue weighted by molar-refractivity contribution is -0.122. The Morgan fingerprint density at radius 3 is 3.10 bits per heavy atom. The van der Waals surface area contributed by atoms with Crippen molar-refractivity contribution in [1.29, 1.82) is 0 Å². The van der Waals surface area contributed by atoms with Crippen LogP contribution in [0.2, 0.25) is 0 Å². The lowest BCUT2D eigenvalue weighted by atomic mass is 9.89. The summed E-state index contributed by atoms with van der Waals surface area (Å²) in [6.07, 6.45) is 4.65. The van der Waals surface area contributed by atoms with Crippen LogP contribution in [0, 0.1) is 5.92 Å². The van der Waals surface area contributed by atoms with Gasteiger partial charge in [-0.2, -0.15) is 0 Å². The molecule has 3 aromatic heterocycles. The number of rotatable bonds is 5. The molecule has 1 aliphatic carbocycles. The van der Waals surface area contributed by atoms with Gasteiger partial charge in [-0.25, -0.2) is 18.9 Å². The highest BCUT2D eigenvalue weighted by Gasteiger charge is 2.24. The molecule has 160 valence electrons. The smallest absolute Gasteiger partial charge is 0.352 e. The molecule has 0 unspecified atom stereocenters. The number of hydrogen-bond donors (Lipinski definition) is 1. The average molecular weight is 438 g/mol. The number of ether oxygens (including phenoxy) is 1. The molecule has 5 rings (SSSR count). The van der Waals surface area contributed by atoms with E-state index in [4.69, 9.17) is 4.74 Å². The van der Waals surface area contributed by atoms with Crippen LogP contribution in [-0.2, 0) is 30.7 Å². The first-order valence-electron chi connectivity index (χ1n) is 10.3. The van der Waals surface area contributed by atoms with Gasteiger partial charge in [0.1, 0.15) is 23.5 Å². The molecule has 0 fully saturated rings. The number of carbonyl (C=O) groups excluding carboxylic acids is 1. The third-order valence-electron chi connectivity index (χ3n) is 5.79. The van der Waals surface area contributed by atoms with Gasteiger partial charge < -0.3 is 10.1 Å². The second kappa shape index (κ2) is 7.81. The Bertz CT molecular complexity index is 1350. The summed E-state index contributed by atoms with van der Waals surface area (Å²) >= 11 is 1.69. The minimum atomic E-state index is -0.356. The molecule has 0 radical (unpaired) electrons. The minimum absolute atomic E-state index is 0.144. The molecule has 1 aliphatic rings. The van der Waals surface area contributed by atoms with E-state index in [1.807, 2.05) is 24.3 Å². The van der Waals surface area contributed by atoms with Crippen LogP contribution in [-0.4, -0.2) is 32.2 Å². The van der Waals surface area contributed by atoms with Crippen molar-refractivity contribution >= 4 is 33.1 Å². The Morgan fingerprint density at radius 2 is 2.26 bits per heavy atom. The third-order valence-corrected chi connectivity index (χ3v) is 6.96. The molecule has 0 aliphatic heterocycles. The predicted octanol–water partition coefficient (Wildman–Crippen LogP) is 2.56. The van der Waals surface area contributed by atoms with Crippen LogP contribution in [0.3, 0.4) is 0 Å². The highest BCUT2D eigenvalue weighted by atomic mass is 32.1. The predicted molar refractivity (Wildman–Crippen MR) is 119 cm³/mol. The molecular weight excluding hydrogens is 414 g/mol. The number of aromatic nitrogens is 4. The fourth-order valence-electron chi connectivity index (χ4n) is 4.14. The fourth-order valence-corrected chi connectivity index (χ4v) is 5.49. The van der Waals surface area contributed by atoms with E-state index in [0.717, 1.165) is 40.8 Å². The van der Waals surface area contributed by atoms with Gasteiger partial charge in [-0.3, -0.25) is 4.79 Å². The molecule has 0 bridgehead atoms. The molecule has 1 amide bonds. The molecule has 0 saturated heterocycles. The topological polar surface area (TPSA) is 90.5 Å².